The second kappa shape index (κ2) is 10.2. The lowest BCUT2D eigenvalue weighted by molar-refractivity contribution is -0.113. The van der Waals surface area contributed by atoms with Gasteiger partial charge < -0.3 is 25.4 Å². The molecule has 10 heteroatoms. The van der Waals surface area contributed by atoms with Crippen molar-refractivity contribution in [2.75, 3.05) is 37.8 Å². The summed E-state index contributed by atoms with van der Waals surface area (Å²) in [6, 6.07) is 7.88. The quantitative estimate of drug-likeness (QED) is 0.469. The Hall–Kier alpha value is -2.79. The van der Waals surface area contributed by atoms with E-state index in [2.05, 4.69) is 30.5 Å². The Bertz CT molecular complexity index is 1180. The van der Waals surface area contributed by atoms with Gasteiger partial charge in [-0.1, -0.05) is 11.8 Å². The number of β-amino-alcohol motifs (C(OH)–C–C–N with tert-alkyl or cyclic N) is 1. The number of carbonyl (C=O) groups excluding carboxylic acids is 1. The van der Waals surface area contributed by atoms with Crippen molar-refractivity contribution < 1.29 is 14.6 Å². The van der Waals surface area contributed by atoms with Crippen LogP contribution in [0.3, 0.4) is 0 Å². The van der Waals surface area contributed by atoms with Gasteiger partial charge in [0.2, 0.25) is 11.8 Å². The number of piperidine rings is 1. The van der Waals surface area contributed by atoms with Gasteiger partial charge in [0, 0.05) is 43.2 Å². The van der Waals surface area contributed by atoms with Crippen LogP contribution in [0.4, 0.5) is 5.69 Å². The van der Waals surface area contributed by atoms with E-state index < -0.39 is 6.10 Å². The number of fused-ring (bicyclic) bond motifs is 2. The fourth-order valence-corrected chi connectivity index (χ4v) is 5.18. The van der Waals surface area contributed by atoms with E-state index in [9.17, 15) is 9.90 Å². The zero-order valence-corrected chi connectivity index (χ0v) is 19.8. The number of rotatable bonds is 7. The molecular weight excluding hydrogens is 452 g/mol. The highest BCUT2D eigenvalue weighted by atomic mass is 32.2. The smallest absolute Gasteiger partial charge is 0.234 e. The minimum absolute atomic E-state index is 0.0219. The summed E-state index contributed by atoms with van der Waals surface area (Å²) in [5.74, 6) is 0.956. The highest BCUT2D eigenvalue weighted by molar-refractivity contribution is 8.00. The van der Waals surface area contributed by atoms with Crippen molar-refractivity contribution in [3.63, 3.8) is 0 Å². The minimum Gasteiger partial charge on any atom is -0.481 e. The lowest BCUT2D eigenvalue weighted by atomic mass is 10.0. The van der Waals surface area contributed by atoms with Crippen LogP contribution in [0.5, 0.6) is 5.88 Å². The zero-order chi connectivity index (χ0) is 23.5. The van der Waals surface area contributed by atoms with Gasteiger partial charge in [0.1, 0.15) is 5.03 Å². The number of nitrogens with one attached hydrogen (secondary N) is 2. The monoisotopic (exact) mass is 480 g/mol. The van der Waals surface area contributed by atoms with Gasteiger partial charge in [0.25, 0.3) is 0 Å². The zero-order valence-electron chi connectivity index (χ0n) is 19.0. The second-order valence-electron chi connectivity index (χ2n) is 8.63. The number of thioether (sulfide) groups is 1. The van der Waals surface area contributed by atoms with Crippen LogP contribution in [0, 0.1) is 0 Å². The molecule has 0 unspecified atom stereocenters. The van der Waals surface area contributed by atoms with Crippen molar-refractivity contribution in [1.29, 1.82) is 0 Å². The molecule has 3 aromatic heterocycles. The molecule has 9 nitrogen and oxygen atoms in total. The molecule has 5 heterocycles. The molecule has 0 aliphatic carbocycles. The van der Waals surface area contributed by atoms with Crippen LogP contribution < -0.4 is 15.4 Å². The van der Waals surface area contributed by atoms with Crippen LogP contribution in [0.15, 0.2) is 41.7 Å². The number of hydrogen-bond donors (Lipinski definition) is 3. The predicted octanol–water partition coefficient (Wildman–Crippen LogP) is 2.37. The first-order valence-electron chi connectivity index (χ1n) is 11.4. The Morgan fingerprint density at radius 1 is 1.29 bits per heavy atom. The van der Waals surface area contributed by atoms with Gasteiger partial charge in [-0.3, -0.25) is 9.78 Å². The summed E-state index contributed by atoms with van der Waals surface area (Å²) in [7, 11) is 1.58. The number of aliphatic hydroxyl groups is 1. The molecule has 2 aliphatic heterocycles. The number of pyridine rings is 3. The maximum atomic E-state index is 11.6. The first kappa shape index (κ1) is 23.0. The van der Waals surface area contributed by atoms with E-state index in [0.29, 0.717) is 36.3 Å². The lowest BCUT2D eigenvalue weighted by Gasteiger charge is -2.33. The molecule has 1 saturated heterocycles. The molecule has 0 spiro atoms. The maximum absolute atomic E-state index is 11.6. The SMILES string of the molecule is COc1ccc2nccc([C@H](O)CN3CCC(NCc4cnc5c(c4)NC(=O)CS5)CC3)c2n1. The average Bonchev–Trinajstić information content (AvgIpc) is 2.87. The number of amides is 1. The van der Waals surface area contributed by atoms with Crippen molar-refractivity contribution in [2.45, 2.75) is 36.6 Å². The summed E-state index contributed by atoms with van der Waals surface area (Å²) in [6.45, 7) is 3.08. The molecular formula is C24H28N6O3S. The molecule has 0 bridgehead atoms. The Kier molecular flexibility index (Phi) is 6.91. The maximum Gasteiger partial charge on any atom is 0.234 e. The number of carbonyl (C=O) groups is 1. The van der Waals surface area contributed by atoms with E-state index in [1.807, 2.05) is 24.4 Å². The number of ether oxygens (including phenoxy) is 1. The van der Waals surface area contributed by atoms with Gasteiger partial charge >= 0.3 is 0 Å². The summed E-state index contributed by atoms with van der Waals surface area (Å²) >= 11 is 1.47. The van der Waals surface area contributed by atoms with Crippen molar-refractivity contribution in [3.05, 3.63) is 47.8 Å². The van der Waals surface area contributed by atoms with Gasteiger partial charge in [-0.2, -0.15) is 0 Å². The first-order chi connectivity index (χ1) is 16.6. The second-order valence-corrected chi connectivity index (χ2v) is 9.59. The summed E-state index contributed by atoms with van der Waals surface area (Å²) in [6.07, 6.45) is 4.94. The molecule has 1 atom stereocenters. The highest BCUT2D eigenvalue weighted by Gasteiger charge is 2.23. The molecule has 3 N–H and O–H groups in total. The van der Waals surface area contributed by atoms with E-state index in [-0.39, 0.29) is 5.91 Å². The number of aromatic nitrogens is 3. The molecule has 0 saturated carbocycles. The van der Waals surface area contributed by atoms with E-state index in [4.69, 9.17) is 4.74 Å². The number of aliphatic hydroxyl groups excluding tert-OH is 1. The summed E-state index contributed by atoms with van der Waals surface area (Å²) < 4.78 is 5.24. The van der Waals surface area contributed by atoms with Gasteiger partial charge in [0.15, 0.2) is 0 Å². The molecule has 0 aromatic carbocycles. The topological polar surface area (TPSA) is 113 Å². The minimum atomic E-state index is -0.649. The van der Waals surface area contributed by atoms with Crippen LogP contribution in [-0.4, -0.2) is 69.4 Å². The number of methoxy groups -OCH3 is 1. The van der Waals surface area contributed by atoms with Crippen LogP contribution in [0.2, 0.25) is 0 Å². The van der Waals surface area contributed by atoms with Crippen LogP contribution in [0.25, 0.3) is 11.0 Å². The molecule has 178 valence electrons. The number of likely N-dealkylation sites (tertiary alicyclic amines) is 1. The van der Waals surface area contributed by atoms with Crippen molar-refractivity contribution >= 4 is 34.4 Å². The Morgan fingerprint density at radius 2 is 2.15 bits per heavy atom. The average molecular weight is 481 g/mol. The van der Waals surface area contributed by atoms with Gasteiger partial charge in [-0.05, 0) is 49.7 Å². The highest BCUT2D eigenvalue weighted by Crippen LogP contribution is 2.30. The third-order valence-electron chi connectivity index (χ3n) is 6.29. The molecule has 1 fully saturated rings. The lowest BCUT2D eigenvalue weighted by Crippen LogP contribution is -2.43. The molecule has 34 heavy (non-hydrogen) atoms. The van der Waals surface area contributed by atoms with Crippen molar-refractivity contribution in [1.82, 2.24) is 25.2 Å². The van der Waals surface area contributed by atoms with Crippen molar-refractivity contribution in [3.8, 4) is 5.88 Å². The summed E-state index contributed by atoms with van der Waals surface area (Å²) in [5, 5.41) is 18.4. The molecule has 3 aromatic rings. The molecule has 1 amide bonds. The van der Waals surface area contributed by atoms with Crippen LogP contribution in [-0.2, 0) is 11.3 Å². The first-order valence-corrected chi connectivity index (χ1v) is 12.4. The fraction of sp³-hybridized carbons (Fsp3) is 0.417. The third kappa shape index (κ3) is 5.15. The standard InChI is InChI=1S/C24H28N6O3S/c1-33-22-3-2-18-23(29-22)17(4-7-25-18)20(31)13-30-8-5-16(6-9-30)26-11-15-10-19-24(27-12-15)34-14-21(32)28-19/h2-4,7,10,12,16,20,26,31H,5-6,8-9,11,13-14H2,1H3,(H,28,32)/t20-/m1/s1. The summed E-state index contributed by atoms with van der Waals surface area (Å²) in [5.41, 5.74) is 4.07. The normalized spacial score (nSPS) is 17.9. The van der Waals surface area contributed by atoms with Gasteiger partial charge in [-0.15, -0.1) is 0 Å². The van der Waals surface area contributed by atoms with Gasteiger partial charge in [0.05, 0.1) is 35.7 Å². The van der Waals surface area contributed by atoms with Crippen LogP contribution in [0.1, 0.15) is 30.1 Å². The molecule has 0 radical (unpaired) electrons. The van der Waals surface area contributed by atoms with Gasteiger partial charge in [-0.25, -0.2) is 9.97 Å². The molecule has 5 rings (SSSR count). The Labute approximate surface area is 202 Å². The predicted molar refractivity (Wildman–Crippen MR) is 131 cm³/mol. The van der Waals surface area contributed by atoms with E-state index in [0.717, 1.165) is 53.3 Å². The fourth-order valence-electron chi connectivity index (χ4n) is 4.45. The number of nitrogens with zero attached hydrogens (tertiary/aromatic N) is 4. The Balaban J connectivity index is 1.14. The largest absolute Gasteiger partial charge is 0.481 e. The van der Waals surface area contributed by atoms with E-state index in [1.165, 1.54) is 11.8 Å². The summed E-state index contributed by atoms with van der Waals surface area (Å²) in [4.78, 5) is 27.2. The van der Waals surface area contributed by atoms with E-state index in [1.54, 1.807) is 19.4 Å². The van der Waals surface area contributed by atoms with E-state index >= 15 is 0 Å². The van der Waals surface area contributed by atoms with Crippen molar-refractivity contribution in [2.24, 2.45) is 0 Å². The number of hydrogen-bond acceptors (Lipinski definition) is 9. The number of anilines is 1. The molecule has 2 aliphatic rings. The Morgan fingerprint density at radius 3 is 2.97 bits per heavy atom. The van der Waals surface area contributed by atoms with Crippen LogP contribution >= 0.6 is 11.8 Å². The third-order valence-corrected chi connectivity index (χ3v) is 7.30.